The van der Waals surface area contributed by atoms with Crippen LogP contribution in [0.2, 0.25) is 0 Å². The Morgan fingerprint density at radius 2 is 1.88 bits per heavy atom. The average Bonchev–Trinajstić information content (AvgIpc) is 3.34. The summed E-state index contributed by atoms with van der Waals surface area (Å²) in [6, 6.07) is 11.0. The van der Waals surface area contributed by atoms with E-state index >= 15 is 0 Å². The summed E-state index contributed by atoms with van der Waals surface area (Å²) < 4.78 is 2.45. The highest BCUT2D eigenvalue weighted by molar-refractivity contribution is 6.15. The van der Waals surface area contributed by atoms with E-state index in [0.29, 0.717) is 6.42 Å². The molecule has 1 aromatic heterocycles. The van der Waals surface area contributed by atoms with Crippen LogP contribution in [0.25, 0.3) is 27.5 Å². The van der Waals surface area contributed by atoms with Crippen LogP contribution in [0.4, 0.5) is 0 Å². The Morgan fingerprint density at radius 1 is 1.09 bits per heavy atom. The van der Waals surface area contributed by atoms with Gasteiger partial charge in [-0.3, -0.25) is 9.79 Å². The van der Waals surface area contributed by atoms with Crippen molar-refractivity contribution in [3.63, 3.8) is 0 Å². The summed E-state index contributed by atoms with van der Waals surface area (Å²) in [6.07, 6.45) is 7.69. The van der Waals surface area contributed by atoms with Crippen molar-refractivity contribution in [2.45, 2.75) is 59.9 Å². The number of aliphatic imine (C=N–C) groups is 1. The van der Waals surface area contributed by atoms with Gasteiger partial charge in [0.05, 0.1) is 5.70 Å². The number of allylic oxidation sites excluding steroid dienone is 1. The highest BCUT2D eigenvalue weighted by Gasteiger charge is 2.25. The van der Waals surface area contributed by atoms with Crippen molar-refractivity contribution in [2.75, 3.05) is 19.6 Å². The van der Waals surface area contributed by atoms with Crippen LogP contribution in [-0.2, 0) is 13.0 Å². The molecule has 0 atom stereocenters. The molecular formula is C28H35N3O. The highest BCUT2D eigenvalue weighted by Crippen LogP contribution is 2.38. The zero-order valence-corrected chi connectivity index (χ0v) is 19.9. The molecule has 0 saturated carbocycles. The topological polar surface area (TPSA) is 37.6 Å². The van der Waals surface area contributed by atoms with Gasteiger partial charge in [0.2, 0.25) is 0 Å². The SMILES string of the molecule is CC=NC(=CCCC)c1ccc2c(c1)c1c3c(ccc1n2CCN(CC)CC)C(=O)CC3. The predicted octanol–water partition coefficient (Wildman–Crippen LogP) is 6.50. The van der Waals surface area contributed by atoms with Gasteiger partial charge in [-0.2, -0.15) is 0 Å². The van der Waals surface area contributed by atoms with Crippen molar-refractivity contribution in [1.82, 2.24) is 9.47 Å². The molecule has 1 aliphatic carbocycles. The van der Waals surface area contributed by atoms with Gasteiger partial charge >= 0.3 is 0 Å². The van der Waals surface area contributed by atoms with E-state index in [-0.39, 0.29) is 5.78 Å². The van der Waals surface area contributed by atoms with Gasteiger partial charge in [0.15, 0.2) is 5.78 Å². The van der Waals surface area contributed by atoms with Gasteiger partial charge in [0, 0.05) is 58.7 Å². The number of aryl methyl sites for hydroxylation is 1. The van der Waals surface area contributed by atoms with Gasteiger partial charge in [-0.1, -0.05) is 39.3 Å². The molecule has 3 aromatic rings. The number of nitrogens with zero attached hydrogens (tertiary/aromatic N) is 3. The lowest BCUT2D eigenvalue weighted by Gasteiger charge is -2.19. The average molecular weight is 430 g/mol. The number of rotatable bonds is 9. The summed E-state index contributed by atoms with van der Waals surface area (Å²) in [4.78, 5) is 19.6. The standard InChI is InChI=1S/C28H35N3O/c1-5-9-10-24(29-6-2)20-11-14-25-23(19-20)28-22-13-16-27(32)21(22)12-15-26(28)31(25)18-17-30(7-3)8-4/h6,10-12,14-15,19H,5,7-9,13,16-18H2,1-4H3. The molecule has 0 radical (unpaired) electrons. The third-order valence-corrected chi connectivity index (χ3v) is 6.77. The number of benzene rings is 2. The van der Waals surface area contributed by atoms with Crippen molar-refractivity contribution in [3.05, 3.63) is 53.1 Å². The number of carbonyl (C=O) groups is 1. The smallest absolute Gasteiger partial charge is 0.163 e. The molecule has 0 fully saturated rings. The minimum Gasteiger partial charge on any atom is -0.339 e. The fourth-order valence-corrected chi connectivity index (χ4v) is 5.00. The number of likely N-dealkylation sites (N-methyl/N-ethyl adjacent to an activating group) is 1. The number of unbranched alkanes of at least 4 members (excludes halogenated alkanes) is 1. The van der Waals surface area contributed by atoms with Gasteiger partial charge in [-0.05, 0) is 62.7 Å². The molecule has 4 heteroatoms. The van der Waals surface area contributed by atoms with E-state index < -0.39 is 0 Å². The Balaban J connectivity index is 1.93. The van der Waals surface area contributed by atoms with Crippen molar-refractivity contribution in [2.24, 2.45) is 4.99 Å². The Hall–Kier alpha value is -2.72. The molecule has 0 amide bonds. The van der Waals surface area contributed by atoms with Crippen molar-refractivity contribution in [1.29, 1.82) is 0 Å². The van der Waals surface area contributed by atoms with Crippen LogP contribution in [0.3, 0.4) is 0 Å². The molecule has 4 nitrogen and oxygen atoms in total. The van der Waals surface area contributed by atoms with E-state index in [1.807, 2.05) is 13.1 Å². The summed E-state index contributed by atoms with van der Waals surface area (Å²) in [7, 11) is 0. The van der Waals surface area contributed by atoms with Gasteiger partial charge in [0.25, 0.3) is 0 Å². The maximum Gasteiger partial charge on any atom is 0.163 e. The molecule has 0 bridgehead atoms. The number of ketones is 1. The molecule has 32 heavy (non-hydrogen) atoms. The molecule has 0 spiro atoms. The third-order valence-electron chi connectivity index (χ3n) is 6.77. The summed E-state index contributed by atoms with van der Waals surface area (Å²) in [5.74, 6) is 0.279. The number of Topliss-reactive ketones (excluding diaryl/α,β-unsaturated/α-hetero) is 1. The molecular weight excluding hydrogens is 394 g/mol. The van der Waals surface area contributed by atoms with E-state index in [1.165, 1.54) is 27.4 Å². The lowest BCUT2D eigenvalue weighted by Crippen LogP contribution is -2.26. The summed E-state index contributed by atoms with van der Waals surface area (Å²) in [5, 5.41) is 2.51. The summed E-state index contributed by atoms with van der Waals surface area (Å²) in [6.45, 7) is 12.7. The number of aromatic nitrogens is 1. The van der Waals surface area contributed by atoms with Crippen LogP contribution < -0.4 is 0 Å². The molecule has 1 heterocycles. The fourth-order valence-electron chi connectivity index (χ4n) is 5.00. The van der Waals surface area contributed by atoms with E-state index in [9.17, 15) is 4.79 Å². The van der Waals surface area contributed by atoms with Gasteiger partial charge in [-0.25, -0.2) is 0 Å². The quantitative estimate of drug-likeness (QED) is 0.364. The lowest BCUT2D eigenvalue weighted by atomic mass is 10.0. The second-order valence-corrected chi connectivity index (χ2v) is 8.58. The van der Waals surface area contributed by atoms with E-state index in [4.69, 9.17) is 0 Å². The molecule has 168 valence electrons. The maximum atomic E-state index is 12.5. The minimum absolute atomic E-state index is 0.279. The summed E-state index contributed by atoms with van der Waals surface area (Å²) >= 11 is 0. The number of fused-ring (bicyclic) bond motifs is 5. The Kier molecular flexibility index (Phi) is 6.90. The van der Waals surface area contributed by atoms with Crippen LogP contribution in [0.15, 0.2) is 41.4 Å². The second-order valence-electron chi connectivity index (χ2n) is 8.58. The minimum atomic E-state index is 0.279. The molecule has 0 N–H and O–H groups in total. The van der Waals surface area contributed by atoms with E-state index in [1.54, 1.807) is 0 Å². The second kappa shape index (κ2) is 9.83. The van der Waals surface area contributed by atoms with Crippen LogP contribution >= 0.6 is 0 Å². The van der Waals surface area contributed by atoms with Crippen molar-refractivity contribution < 1.29 is 4.79 Å². The molecule has 1 aliphatic rings. The first-order chi connectivity index (χ1) is 15.6. The molecule has 4 rings (SSSR count). The largest absolute Gasteiger partial charge is 0.339 e. The van der Waals surface area contributed by atoms with Gasteiger partial charge < -0.3 is 9.47 Å². The lowest BCUT2D eigenvalue weighted by molar-refractivity contribution is 0.0994. The Labute approximate surface area is 191 Å². The number of carbonyl (C=O) groups excluding carboxylic acids is 1. The van der Waals surface area contributed by atoms with Crippen molar-refractivity contribution >= 4 is 39.5 Å². The Morgan fingerprint density at radius 3 is 2.59 bits per heavy atom. The van der Waals surface area contributed by atoms with Crippen LogP contribution in [0.1, 0.15) is 68.4 Å². The first-order valence-electron chi connectivity index (χ1n) is 12.1. The number of hydrogen-bond donors (Lipinski definition) is 0. The predicted molar refractivity (Wildman–Crippen MR) is 137 cm³/mol. The van der Waals surface area contributed by atoms with Crippen LogP contribution in [-0.4, -0.2) is 41.1 Å². The van der Waals surface area contributed by atoms with Crippen molar-refractivity contribution in [3.8, 4) is 0 Å². The molecule has 2 aromatic carbocycles. The monoisotopic (exact) mass is 429 g/mol. The molecule has 0 unspecified atom stereocenters. The molecule has 0 saturated heterocycles. The van der Waals surface area contributed by atoms with E-state index in [0.717, 1.165) is 62.3 Å². The first kappa shape index (κ1) is 22.5. The first-order valence-corrected chi connectivity index (χ1v) is 12.1. The Bertz CT molecular complexity index is 1190. The molecule has 0 aliphatic heterocycles. The normalized spacial score (nSPS) is 14.5. The van der Waals surface area contributed by atoms with Crippen LogP contribution in [0.5, 0.6) is 0 Å². The highest BCUT2D eigenvalue weighted by atomic mass is 16.1. The third kappa shape index (κ3) is 4.04. The summed E-state index contributed by atoms with van der Waals surface area (Å²) in [5.41, 5.74) is 6.82. The van der Waals surface area contributed by atoms with Gasteiger partial charge in [0.1, 0.15) is 0 Å². The van der Waals surface area contributed by atoms with Crippen LogP contribution in [0, 0.1) is 0 Å². The zero-order chi connectivity index (χ0) is 22.7. The number of hydrogen-bond acceptors (Lipinski definition) is 3. The zero-order valence-electron chi connectivity index (χ0n) is 19.9. The van der Waals surface area contributed by atoms with E-state index in [2.05, 4.69) is 71.6 Å². The maximum absolute atomic E-state index is 12.5. The fraction of sp³-hybridized carbons (Fsp3) is 0.429. The van der Waals surface area contributed by atoms with Gasteiger partial charge in [-0.15, -0.1) is 0 Å².